The summed E-state index contributed by atoms with van der Waals surface area (Å²) in [6.07, 6.45) is 1.35. The Labute approximate surface area is 108 Å². The lowest BCUT2D eigenvalue weighted by Gasteiger charge is -2.23. The lowest BCUT2D eigenvalue weighted by Crippen LogP contribution is -2.28. The maximum atomic E-state index is 3.65. The topological polar surface area (TPSA) is 12.0 Å². The Morgan fingerprint density at radius 1 is 1.60 bits per heavy atom. The molecule has 0 spiro atoms. The number of hydrogen-bond acceptors (Lipinski definition) is 3. The number of nitrogens with one attached hydrogen (secondary N) is 1. The van der Waals surface area contributed by atoms with Gasteiger partial charge in [-0.15, -0.1) is 0 Å². The van der Waals surface area contributed by atoms with Crippen molar-refractivity contribution in [2.24, 2.45) is 5.92 Å². The molecule has 0 aromatic carbocycles. The molecule has 1 saturated heterocycles. The van der Waals surface area contributed by atoms with Gasteiger partial charge in [-0.3, -0.25) is 0 Å². The van der Waals surface area contributed by atoms with E-state index < -0.39 is 0 Å². The molecule has 1 aromatic rings. The van der Waals surface area contributed by atoms with Crippen LogP contribution in [0.25, 0.3) is 0 Å². The molecule has 4 heteroatoms. The predicted octanol–water partition coefficient (Wildman–Crippen LogP) is 3.91. The van der Waals surface area contributed by atoms with Crippen LogP contribution < -0.4 is 5.32 Å². The fourth-order valence-electron chi connectivity index (χ4n) is 2.08. The Bertz CT molecular complexity index is 307. The quantitative estimate of drug-likeness (QED) is 0.905. The van der Waals surface area contributed by atoms with Gasteiger partial charge in [0.25, 0.3) is 0 Å². The zero-order valence-corrected chi connectivity index (χ0v) is 12.1. The average Bonchev–Trinajstić information content (AvgIpc) is 2.85. The highest BCUT2D eigenvalue weighted by Gasteiger charge is 2.27. The highest BCUT2D eigenvalue weighted by Crippen LogP contribution is 2.38. The minimum atomic E-state index is 0.547. The number of hydrogen-bond donors (Lipinski definition) is 1. The van der Waals surface area contributed by atoms with Crippen molar-refractivity contribution in [2.45, 2.75) is 19.4 Å². The lowest BCUT2D eigenvalue weighted by molar-refractivity contribution is 0.401. The third-order valence-corrected chi connectivity index (χ3v) is 5.78. The van der Waals surface area contributed by atoms with Crippen LogP contribution in [0.1, 0.15) is 24.9 Å². The summed E-state index contributed by atoms with van der Waals surface area (Å²) in [4.78, 5) is 0. The van der Waals surface area contributed by atoms with Gasteiger partial charge in [0.2, 0.25) is 0 Å². The molecule has 1 N–H and O–H groups in total. The molecule has 0 bridgehead atoms. The second-order valence-corrected chi connectivity index (χ2v) is 6.58. The van der Waals surface area contributed by atoms with E-state index in [1.807, 2.05) is 0 Å². The van der Waals surface area contributed by atoms with Crippen LogP contribution in [-0.4, -0.2) is 18.1 Å². The monoisotopic (exact) mass is 305 g/mol. The molecule has 0 amide bonds. The Kier molecular flexibility index (Phi) is 4.55. The van der Waals surface area contributed by atoms with Crippen LogP contribution in [0.15, 0.2) is 15.2 Å². The Morgan fingerprint density at radius 2 is 2.47 bits per heavy atom. The molecule has 1 aliphatic rings. The fourth-order valence-corrected chi connectivity index (χ4v) is 4.96. The third kappa shape index (κ3) is 2.78. The fraction of sp³-hybridized carbons (Fsp3) is 0.636. The van der Waals surface area contributed by atoms with Crippen LogP contribution >= 0.6 is 39.0 Å². The molecule has 2 rings (SSSR count). The molecule has 15 heavy (non-hydrogen) atoms. The van der Waals surface area contributed by atoms with Gasteiger partial charge in [-0.05, 0) is 57.3 Å². The van der Waals surface area contributed by atoms with Crippen LogP contribution in [0.5, 0.6) is 0 Å². The van der Waals surface area contributed by atoms with Crippen molar-refractivity contribution in [1.29, 1.82) is 0 Å². The predicted molar refractivity (Wildman–Crippen MR) is 73.9 cm³/mol. The normalized spacial score (nSPS) is 23.2. The van der Waals surface area contributed by atoms with E-state index in [0.717, 1.165) is 12.5 Å². The second-order valence-electron chi connectivity index (χ2n) is 3.83. The largest absolute Gasteiger partial charge is 0.310 e. The molecular weight excluding hydrogens is 290 g/mol. The van der Waals surface area contributed by atoms with Gasteiger partial charge in [0.05, 0.1) is 0 Å². The number of thioether (sulfide) groups is 1. The standard InChI is InChI=1S/C11H16BrNS2/c1-2-13-11(8-3-4-14-5-8)9-6-15-7-10(9)12/h6-8,11,13H,2-5H2,1H3. The van der Waals surface area contributed by atoms with Crippen molar-refractivity contribution in [3.8, 4) is 0 Å². The van der Waals surface area contributed by atoms with Crippen LogP contribution in [0.4, 0.5) is 0 Å². The highest BCUT2D eigenvalue weighted by molar-refractivity contribution is 9.10. The maximum Gasteiger partial charge on any atom is 0.0376 e. The van der Waals surface area contributed by atoms with Gasteiger partial charge >= 0.3 is 0 Å². The van der Waals surface area contributed by atoms with Crippen molar-refractivity contribution in [3.05, 3.63) is 20.8 Å². The van der Waals surface area contributed by atoms with Gasteiger partial charge < -0.3 is 5.32 Å². The molecule has 2 atom stereocenters. The van der Waals surface area contributed by atoms with Crippen LogP contribution in [0.3, 0.4) is 0 Å². The van der Waals surface area contributed by atoms with Gasteiger partial charge in [0.1, 0.15) is 0 Å². The summed E-state index contributed by atoms with van der Waals surface area (Å²) in [7, 11) is 0. The zero-order valence-electron chi connectivity index (χ0n) is 8.83. The zero-order chi connectivity index (χ0) is 10.7. The van der Waals surface area contributed by atoms with Crippen molar-refractivity contribution in [1.82, 2.24) is 5.32 Å². The smallest absolute Gasteiger partial charge is 0.0376 e. The molecule has 2 unspecified atom stereocenters. The third-order valence-electron chi connectivity index (χ3n) is 2.84. The Balaban J connectivity index is 2.15. The summed E-state index contributed by atoms with van der Waals surface area (Å²) in [5, 5.41) is 8.09. The number of rotatable bonds is 4. The molecule has 1 aromatic heterocycles. The summed E-state index contributed by atoms with van der Waals surface area (Å²) in [5.74, 6) is 3.44. The van der Waals surface area contributed by atoms with Gasteiger partial charge in [0, 0.05) is 15.9 Å². The van der Waals surface area contributed by atoms with E-state index in [1.165, 1.54) is 28.0 Å². The van der Waals surface area contributed by atoms with E-state index in [2.05, 4.69) is 50.7 Å². The van der Waals surface area contributed by atoms with E-state index in [1.54, 1.807) is 11.3 Å². The molecule has 1 fully saturated rings. The van der Waals surface area contributed by atoms with Crippen molar-refractivity contribution >= 4 is 39.0 Å². The van der Waals surface area contributed by atoms with Crippen LogP contribution in [0.2, 0.25) is 0 Å². The molecule has 1 aliphatic heterocycles. The first-order valence-electron chi connectivity index (χ1n) is 5.35. The molecule has 84 valence electrons. The average molecular weight is 306 g/mol. The van der Waals surface area contributed by atoms with Crippen molar-refractivity contribution in [3.63, 3.8) is 0 Å². The van der Waals surface area contributed by atoms with Gasteiger partial charge in [0.15, 0.2) is 0 Å². The SMILES string of the molecule is CCNC(c1cscc1Br)C1CCSC1. The first-order valence-corrected chi connectivity index (χ1v) is 8.24. The summed E-state index contributed by atoms with van der Waals surface area (Å²) in [6, 6.07) is 0.547. The first kappa shape index (κ1) is 12.0. The summed E-state index contributed by atoms with van der Waals surface area (Å²) < 4.78 is 1.27. The Morgan fingerprint density at radius 3 is 3.00 bits per heavy atom. The van der Waals surface area contributed by atoms with Crippen LogP contribution in [-0.2, 0) is 0 Å². The highest BCUT2D eigenvalue weighted by atomic mass is 79.9. The molecule has 2 heterocycles. The van der Waals surface area contributed by atoms with Gasteiger partial charge in [-0.1, -0.05) is 6.92 Å². The first-order chi connectivity index (χ1) is 7.33. The van der Waals surface area contributed by atoms with Crippen molar-refractivity contribution in [2.75, 3.05) is 18.1 Å². The lowest BCUT2D eigenvalue weighted by atomic mass is 9.94. The second kappa shape index (κ2) is 5.71. The van der Waals surface area contributed by atoms with E-state index in [0.29, 0.717) is 6.04 Å². The van der Waals surface area contributed by atoms with Gasteiger partial charge in [-0.25, -0.2) is 0 Å². The van der Waals surface area contributed by atoms with E-state index in [4.69, 9.17) is 0 Å². The molecule has 0 aliphatic carbocycles. The van der Waals surface area contributed by atoms with E-state index in [9.17, 15) is 0 Å². The number of thiophene rings is 1. The maximum absolute atomic E-state index is 3.65. The number of halogens is 1. The molecular formula is C11H16BrNS2. The summed E-state index contributed by atoms with van der Waals surface area (Å²) in [5.41, 5.74) is 1.45. The molecule has 0 saturated carbocycles. The summed E-state index contributed by atoms with van der Waals surface area (Å²) >= 11 is 7.52. The summed E-state index contributed by atoms with van der Waals surface area (Å²) in [6.45, 7) is 3.24. The Hall–Kier alpha value is 0.490. The van der Waals surface area contributed by atoms with Crippen LogP contribution in [0, 0.1) is 5.92 Å². The minimum absolute atomic E-state index is 0.547. The van der Waals surface area contributed by atoms with E-state index in [-0.39, 0.29) is 0 Å². The van der Waals surface area contributed by atoms with Crippen molar-refractivity contribution < 1.29 is 0 Å². The molecule has 0 radical (unpaired) electrons. The minimum Gasteiger partial charge on any atom is -0.310 e. The van der Waals surface area contributed by atoms with E-state index >= 15 is 0 Å². The molecule has 1 nitrogen and oxygen atoms in total. The van der Waals surface area contributed by atoms with Gasteiger partial charge in [-0.2, -0.15) is 23.1 Å².